The molecule has 194 valence electrons. The molecule has 6 nitrogen and oxygen atoms in total. The van der Waals surface area contributed by atoms with Gasteiger partial charge < -0.3 is 10.6 Å². The van der Waals surface area contributed by atoms with Crippen LogP contribution in [-0.4, -0.2) is 40.2 Å². The van der Waals surface area contributed by atoms with Crippen molar-refractivity contribution < 1.29 is 18.0 Å². The molecule has 4 rings (SSSR count). The number of sulfone groups is 1. The Labute approximate surface area is 218 Å². The van der Waals surface area contributed by atoms with Gasteiger partial charge in [-0.2, -0.15) is 0 Å². The molecule has 0 aromatic heterocycles. The van der Waals surface area contributed by atoms with Crippen molar-refractivity contribution >= 4 is 56.5 Å². The normalized spacial score (nSPS) is 42.8. The highest BCUT2D eigenvalue weighted by molar-refractivity contribution is 7.98. The number of rotatable bonds is 2. The smallest absolute Gasteiger partial charge is 0.293 e. The minimum absolute atomic E-state index is 0.00764. The van der Waals surface area contributed by atoms with Gasteiger partial charge in [-0.3, -0.25) is 9.59 Å². The first kappa shape index (κ1) is 26.8. The number of fused-ring (bicyclic) bond motifs is 5. The van der Waals surface area contributed by atoms with Crippen LogP contribution in [0.25, 0.3) is 0 Å². The number of piperidine rings is 1. The number of halogens is 3. The Morgan fingerprint density at radius 3 is 2.21 bits per heavy atom. The first-order valence-electron chi connectivity index (χ1n) is 12.3. The van der Waals surface area contributed by atoms with Crippen molar-refractivity contribution in [3.63, 3.8) is 0 Å². The van der Waals surface area contributed by atoms with Crippen LogP contribution < -0.4 is 10.6 Å². The van der Waals surface area contributed by atoms with Crippen LogP contribution in [-0.2, 0) is 19.4 Å². The number of carbonyl (C=O) groups is 2. The summed E-state index contributed by atoms with van der Waals surface area (Å²) in [7, 11) is -4.31. The van der Waals surface area contributed by atoms with Crippen molar-refractivity contribution in [1.29, 1.82) is 0 Å². The lowest BCUT2D eigenvalue weighted by atomic mass is 9.47. The van der Waals surface area contributed by atoms with Gasteiger partial charge in [0.05, 0.1) is 0 Å². The molecule has 0 radical (unpaired) electrons. The summed E-state index contributed by atoms with van der Waals surface area (Å²) in [5, 5.41) is 4.81. The Bertz CT molecular complexity index is 976. The lowest BCUT2D eigenvalue weighted by molar-refractivity contribution is -0.141. The second-order valence-electron chi connectivity index (χ2n) is 12.6. The number of alkyl halides is 3. The van der Waals surface area contributed by atoms with Crippen LogP contribution in [0.2, 0.25) is 0 Å². The molecular weight excluding hydrogens is 519 g/mol. The van der Waals surface area contributed by atoms with Gasteiger partial charge in [0, 0.05) is 17.5 Å². The molecule has 3 aliphatic carbocycles. The third-order valence-electron chi connectivity index (χ3n) is 9.61. The van der Waals surface area contributed by atoms with Crippen LogP contribution in [0.5, 0.6) is 0 Å². The van der Waals surface area contributed by atoms with Crippen LogP contribution in [0.3, 0.4) is 0 Å². The average Bonchev–Trinajstić information content (AvgIpc) is 3.03. The zero-order valence-electron chi connectivity index (χ0n) is 20.6. The molecule has 1 saturated heterocycles. The first-order chi connectivity index (χ1) is 15.4. The molecule has 0 bridgehead atoms. The fourth-order valence-electron chi connectivity index (χ4n) is 8.04. The summed E-state index contributed by atoms with van der Waals surface area (Å²) in [4.78, 5) is 26.0. The maximum atomic E-state index is 13.2. The van der Waals surface area contributed by atoms with E-state index in [0.29, 0.717) is 11.8 Å². The monoisotopic (exact) mass is 554 g/mol. The minimum Gasteiger partial charge on any atom is -0.352 e. The van der Waals surface area contributed by atoms with Crippen molar-refractivity contribution in [3.8, 4) is 0 Å². The highest BCUT2D eigenvalue weighted by Gasteiger charge is 2.64. The van der Waals surface area contributed by atoms with Gasteiger partial charge in [-0.1, -0.05) is 48.7 Å². The largest absolute Gasteiger partial charge is 0.352 e. The topological polar surface area (TPSA) is 92.3 Å². The van der Waals surface area contributed by atoms with E-state index in [1.54, 1.807) is 0 Å². The van der Waals surface area contributed by atoms with E-state index in [1.165, 1.54) is 0 Å². The van der Waals surface area contributed by atoms with Crippen molar-refractivity contribution in [2.24, 2.45) is 34.5 Å². The van der Waals surface area contributed by atoms with Crippen LogP contribution >= 0.6 is 34.8 Å². The molecule has 2 amide bonds. The minimum atomic E-state index is -4.31. The van der Waals surface area contributed by atoms with E-state index in [0.717, 1.165) is 38.5 Å². The Morgan fingerprint density at radius 2 is 1.62 bits per heavy atom. The summed E-state index contributed by atoms with van der Waals surface area (Å²) in [5.41, 5.74) is -0.740. The maximum Gasteiger partial charge on any atom is 0.293 e. The van der Waals surface area contributed by atoms with Gasteiger partial charge in [-0.15, -0.1) is 0 Å². The van der Waals surface area contributed by atoms with Gasteiger partial charge >= 0.3 is 0 Å². The van der Waals surface area contributed by atoms with Gasteiger partial charge in [0.25, 0.3) is 3.12 Å². The van der Waals surface area contributed by atoms with Gasteiger partial charge in [-0.25, -0.2) is 8.42 Å². The zero-order chi connectivity index (χ0) is 25.5. The quantitative estimate of drug-likeness (QED) is 0.481. The molecule has 0 aromatic carbocycles. The number of hydrogen-bond donors (Lipinski definition) is 2. The molecule has 8 atom stereocenters. The molecule has 10 heteroatoms. The molecule has 1 unspecified atom stereocenters. The van der Waals surface area contributed by atoms with E-state index in [2.05, 4.69) is 24.5 Å². The molecule has 0 spiro atoms. The molecule has 1 aliphatic heterocycles. The molecule has 0 aromatic rings. The fraction of sp³-hybridized carbons (Fsp3) is 0.917. The second-order valence-corrected chi connectivity index (χ2v) is 17.8. The predicted octanol–water partition coefficient (Wildman–Crippen LogP) is 4.76. The van der Waals surface area contributed by atoms with E-state index in [-0.39, 0.29) is 41.2 Å². The number of nitrogens with one attached hydrogen (secondary N) is 2. The highest BCUT2D eigenvalue weighted by Crippen LogP contribution is 2.66. The lowest BCUT2D eigenvalue weighted by Gasteiger charge is -2.60. The number of carbonyl (C=O) groups excluding carboxylic acids is 2. The zero-order valence-corrected chi connectivity index (χ0v) is 23.7. The Hall–Kier alpha value is -0.240. The van der Waals surface area contributed by atoms with E-state index in [1.807, 2.05) is 20.8 Å². The van der Waals surface area contributed by atoms with Gasteiger partial charge in [-0.05, 0) is 94.3 Å². The SMILES string of the molecule is CC(C)(C)NC(=O)[C@H]1CC[C@H]2[C@@H]3CC[C@H]4NC(=O)C(S(=O)(=O)C(Cl)(Cl)Cl)C[C@]4(C)[C@H]3CC[C@]12C. The van der Waals surface area contributed by atoms with E-state index >= 15 is 0 Å². The summed E-state index contributed by atoms with van der Waals surface area (Å²) in [6.45, 7) is 10.4. The molecule has 3 saturated carbocycles. The van der Waals surface area contributed by atoms with E-state index in [4.69, 9.17) is 34.8 Å². The van der Waals surface area contributed by atoms with Gasteiger partial charge in [0.2, 0.25) is 21.7 Å². The van der Waals surface area contributed by atoms with Gasteiger partial charge in [0.15, 0.2) is 0 Å². The van der Waals surface area contributed by atoms with E-state index < -0.39 is 29.5 Å². The standard InChI is InChI=1S/C24H37Cl3N2O4S/c1-21(2,3)29-19(30)16-8-7-14-13-6-9-18-23(5,15(13)10-11-22(14,16)4)12-17(20(31)28-18)34(32,33)24(25,26)27/h13-18H,6-12H2,1-5H3,(H,28,31)(H,29,30)/t13-,14-,15-,16+,17?,18+,22-,23+/m0/s1. The van der Waals surface area contributed by atoms with Crippen molar-refractivity contribution in [2.75, 3.05) is 0 Å². The molecule has 4 fully saturated rings. The second kappa shape index (κ2) is 8.39. The lowest BCUT2D eigenvalue weighted by Crippen LogP contribution is -2.66. The summed E-state index contributed by atoms with van der Waals surface area (Å²) in [6, 6.07) is -0.0891. The Morgan fingerprint density at radius 1 is 1.00 bits per heavy atom. The summed E-state index contributed by atoms with van der Waals surface area (Å²) in [6.07, 6.45) is 5.64. The third kappa shape index (κ3) is 4.18. The number of hydrogen-bond acceptors (Lipinski definition) is 4. The molecule has 4 aliphatic rings. The van der Waals surface area contributed by atoms with Crippen LogP contribution in [0, 0.1) is 34.5 Å². The van der Waals surface area contributed by atoms with Crippen molar-refractivity contribution in [3.05, 3.63) is 0 Å². The van der Waals surface area contributed by atoms with E-state index in [9.17, 15) is 18.0 Å². The van der Waals surface area contributed by atoms with Crippen molar-refractivity contribution in [2.45, 2.75) is 99.5 Å². The molecule has 34 heavy (non-hydrogen) atoms. The fourth-order valence-corrected chi connectivity index (χ4v) is 10.3. The first-order valence-corrected chi connectivity index (χ1v) is 15.0. The maximum absolute atomic E-state index is 13.2. The summed E-state index contributed by atoms with van der Waals surface area (Å²) < 4.78 is 23.4. The molecule has 2 N–H and O–H groups in total. The Balaban J connectivity index is 1.61. The van der Waals surface area contributed by atoms with Crippen LogP contribution in [0.15, 0.2) is 0 Å². The molecular formula is C24H37Cl3N2O4S. The summed E-state index contributed by atoms with van der Waals surface area (Å²) >= 11 is 17.4. The molecule has 1 heterocycles. The average molecular weight is 556 g/mol. The summed E-state index contributed by atoms with van der Waals surface area (Å²) in [5.74, 6) is 0.621. The van der Waals surface area contributed by atoms with Crippen LogP contribution in [0.1, 0.15) is 79.6 Å². The highest BCUT2D eigenvalue weighted by atomic mass is 35.6. The van der Waals surface area contributed by atoms with Gasteiger partial charge in [0.1, 0.15) is 5.25 Å². The van der Waals surface area contributed by atoms with Crippen molar-refractivity contribution in [1.82, 2.24) is 10.6 Å². The van der Waals surface area contributed by atoms with Crippen LogP contribution in [0.4, 0.5) is 0 Å². The predicted molar refractivity (Wildman–Crippen MR) is 135 cm³/mol. The Kier molecular flexibility index (Phi) is 6.62. The number of amides is 2. The third-order valence-corrected chi connectivity index (χ3v) is 13.3.